The third-order valence-electron chi connectivity index (χ3n) is 4.14. The van der Waals surface area contributed by atoms with Crippen LogP contribution >= 0.6 is 27.7 Å². The quantitative estimate of drug-likeness (QED) is 0.117. The number of carbonyl (C=O) groups is 2. The molecule has 0 saturated heterocycles. The Morgan fingerprint density at radius 1 is 0.850 bits per heavy atom. The molecule has 0 saturated carbocycles. The van der Waals surface area contributed by atoms with E-state index in [-0.39, 0.29) is 42.1 Å². The number of hydrogen-bond donors (Lipinski definition) is 1. The van der Waals surface area contributed by atoms with Gasteiger partial charge in [0.1, 0.15) is 0 Å². The summed E-state index contributed by atoms with van der Waals surface area (Å²) in [4.78, 5) is 22.8. The van der Waals surface area contributed by atoms with Gasteiger partial charge in [-0.15, -0.1) is 0 Å². The standard InChI is InChI=1S/C13H18O4S.C11H13BrO4.C2H6O.CH4S.Na/c1-4-16-13(14)10-5-6-11(12(9-10)15-2)17-7-8-18-3;1-14-10-7-8(11(13)15-2)3-4-9(10)16-6-5-12;1-2-3;1-2;/h5-6,9H,4,7-8H2,1-3H3;3-4,7H,5-6H2,1-2H3;3H,2H2,1H3;2H,1H3;/q;;;;+1/p-1. The molecular weight excluding hydrogens is 635 g/mol. The average molecular weight is 676 g/mol. The Bertz CT molecular complexity index is 937. The Morgan fingerprint density at radius 2 is 1.30 bits per heavy atom. The fourth-order valence-corrected chi connectivity index (χ4v) is 2.96. The number of rotatable bonds is 12. The number of carbonyl (C=O) groups excluding carboxylic acids is 2. The molecule has 0 aromatic heterocycles. The van der Waals surface area contributed by atoms with E-state index in [1.165, 1.54) is 14.2 Å². The molecule has 2 aromatic rings. The van der Waals surface area contributed by atoms with Crippen LogP contribution in [-0.2, 0) is 22.1 Å². The first-order valence-corrected chi connectivity index (χ1v) is 15.1. The second-order valence-electron chi connectivity index (χ2n) is 6.64. The summed E-state index contributed by atoms with van der Waals surface area (Å²) in [5, 5.41) is 8.30. The number of thioether (sulfide) groups is 1. The number of alkyl halides is 1. The second-order valence-corrected chi connectivity index (χ2v) is 8.42. The number of ether oxygens (including phenoxy) is 6. The van der Waals surface area contributed by atoms with E-state index in [1.807, 2.05) is 6.26 Å². The van der Waals surface area contributed by atoms with Crippen LogP contribution in [0.1, 0.15) is 34.6 Å². The second kappa shape index (κ2) is 29.2. The van der Waals surface area contributed by atoms with Crippen molar-refractivity contribution in [1.82, 2.24) is 0 Å². The zero-order valence-electron chi connectivity index (χ0n) is 24.6. The molecule has 1 N–H and O–H groups in total. The van der Waals surface area contributed by atoms with Gasteiger partial charge in [-0.05, 0) is 56.5 Å². The number of halogens is 1. The van der Waals surface area contributed by atoms with Gasteiger partial charge in [0.15, 0.2) is 23.0 Å². The van der Waals surface area contributed by atoms with Crippen molar-refractivity contribution in [3.05, 3.63) is 47.5 Å². The molecule has 0 amide bonds. The van der Waals surface area contributed by atoms with Crippen LogP contribution in [-0.4, -0.2) is 88.4 Å². The van der Waals surface area contributed by atoms with Gasteiger partial charge in [-0.3, -0.25) is 0 Å². The average Bonchev–Trinajstić information content (AvgIpc) is 2.97. The van der Waals surface area contributed by atoms with Crippen LogP contribution in [0.5, 0.6) is 23.0 Å². The molecular formula is C27H40BrNaO9S2. The van der Waals surface area contributed by atoms with Gasteiger partial charge in [0.25, 0.3) is 0 Å². The third-order valence-corrected chi connectivity index (χ3v) is 5.04. The fraction of sp³-hybridized carbons (Fsp3) is 0.481. The van der Waals surface area contributed by atoms with E-state index in [0.717, 1.165) is 11.1 Å². The van der Waals surface area contributed by atoms with E-state index in [0.29, 0.717) is 53.9 Å². The summed E-state index contributed by atoms with van der Waals surface area (Å²) in [7, 11) is 4.41. The van der Waals surface area contributed by atoms with Gasteiger partial charge in [0, 0.05) is 17.7 Å². The van der Waals surface area contributed by atoms with Crippen LogP contribution < -0.4 is 48.5 Å². The van der Waals surface area contributed by atoms with Gasteiger partial charge in [0.2, 0.25) is 0 Å². The van der Waals surface area contributed by atoms with E-state index >= 15 is 0 Å². The SMILES string of the molecule is CCO.CCOC(=O)c1ccc(OCCSC)c(OC)c1.COC(=O)c1ccc(OCCBr)c(OC)c1.C[S-].[Na+]. The molecule has 40 heavy (non-hydrogen) atoms. The zero-order valence-corrected chi connectivity index (χ0v) is 29.8. The summed E-state index contributed by atoms with van der Waals surface area (Å²) in [5.74, 6) is 2.46. The summed E-state index contributed by atoms with van der Waals surface area (Å²) in [6.07, 6.45) is 3.60. The van der Waals surface area contributed by atoms with Crippen molar-refractivity contribution in [2.75, 3.05) is 71.4 Å². The number of benzene rings is 2. The number of aliphatic hydroxyl groups is 1. The van der Waals surface area contributed by atoms with Gasteiger partial charge in [-0.2, -0.15) is 18.0 Å². The summed E-state index contributed by atoms with van der Waals surface area (Å²) in [5.41, 5.74) is 0.899. The minimum atomic E-state index is -0.398. The maximum atomic E-state index is 11.6. The minimum absolute atomic E-state index is 0. The van der Waals surface area contributed by atoms with Gasteiger partial charge >= 0.3 is 41.5 Å². The number of aliphatic hydroxyl groups excluding tert-OH is 1. The number of esters is 2. The van der Waals surface area contributed by atoms with Crippen LogP contribution in [0, 0.1) is 0 Å². The van der Waals surface area contributed by atoms with Crippen molar-refractivity contribution in [2.45, 2.75) is 13.8 Å². The molecule has 0 atom stereocenters. The fourth-order valence-electron chi connectivity index (χ4n) is 2.54. The van der Waals surface area contributed by atoms with Crippen LogP contribution in [0.3, 0.4) is 0 Å². The minimum Gasteiger partial charge on any atom is -0.796 e. The Kier molecular flexibility index (Phi) is 31.5. The van der Waals surface area contributed by atoms with E-state index in [1.54, 1.807) is 75.4 Å². The van der Waals surface area contributed by atoms with E-state index < -0.39 is 5.97 Å². The third kappa shape index (κ3) is 18.2. The predicted octanol–water partition coefficient (Wildman–Crippen LogP) is 2.03. The van der Waals surface area contributed by atoms with Gasteiger partial charge in [0.05, 0.1) is 52.3 Å². The van der Waals surface area contributed by atoms with Crippen molar-refractivity contribution >= 4 is 52.3 Å². The summed E-state index contributed by atoms with van der Waals surface area (Å²) in [6, 6.07) is 9.95. The molecule has 9 nitrogen and oxygen atoms in total. The monoisotopic (exact) mass is 674 g/mol. The van der Waals surface area contributed by atoms with Crippen molar-refractivity contribution in [3.63, 3.8) is 0 Å². The summed E-state index contributed by atoms with van der Waals surface area (Å²) >= 11 is 9.05. The Labute approximate surface area is 278 Å². The maximum Gasteiger partial charge on any atom is 1.00 e. The Balaban J connectivity index is -0.000000579. The van der Waals surface area contributed by atoms with E-state index in [4.69, 9.17) is 28.8 Å². The molecule has 0 unspecified atom stereocenters. The van der Waals surface area contributed by atoms with Crippen molar-refractivity contribution in [1.29, 1.82) is 0 Å². The van der Waals surface area contributed by atoms with Crippen LogP contribution in [0.2, 0.25) is 0 Å². The smallest absolute Gasteiger partial charge is 0.796 e. The molecule has 0 radical (unpaired) electrons. The molecule has 0 bridgehead atoms. The normalized spacial score (nSPS) is 8.95. The van der Waals surface area contributed by atoms with Gasteiger partial charge in [-0.1, -0.05) is 15.9 Å². The zero-order chi connectivity index (χ0) is 30.1. The van der Waals surface area contributed by atoms with Gasteiger partial charge < -0.3 is 46.2 Å². The first kappa shape index (κ1) is 43.2. The number of methoxy groups -OCH3 is 3. The Morgan fingerprint density at radius 3 is 1.68 bits per heavy atom. The molecule has 0 aliphatic heterocycles. The largest absolute Gasteiger partial charge is 1.00 e. The Hall–Kier alpha value is -1.28. The molecule has 0 spiro atoms. The molecule has 2 aromatic carbocycles. The van der Waals surface area contributed by atoms with E-state index in [2.05, 4.69) is 33.3 Å². The summed E-state index contributed by atoms with van der Waals surface area (Å²) < 4.78 is 30.9. The molecule has 0 fully saturated rings. The first-order chi connectivity index (χ1) is 18.9. The van der Waals surface area contributed by atoms with Crippen LogP contribution in [0.4, 0.5) is 0 Å². The molecule has 13 heteroatoms. The maximum absolute atomic E-state index is 11.6. The predicted molar refractivity (Wildman–Crippen MR) is 162 cm³/mol. The van der Waals surface area contributed by atoms with Crippen molar-refractivity contribution in [3.8, 4) is 23.0 Å². The van der Waals surface area contributed by atoms with Gasteiger partial charge in [-0.25, -0.2) is 9.59 Å². The van der Waals surface area contributed by atoms with Crippen molar-refractivity contribution in [2.24, 2.45) is 0 Å². The molecule has 0 heterocycles. The van der Waals surface area contributed by atoms with E-state index in [9.17, 15) is 9.59 Å². The molecule has 222 valence electrons. The molecule has 0 aliphatic rings. The first-order valence-electron chi connectivity index (χ1n) is 11.8. The topological polar surface area (TPSA) is 110 Å². The van der Waals surface area contributed by atoms with Crippen LogP contribution in [0.15, 0.2) is 36.4 Å². The summed E-state index contributed by atoms with van der Waals surface area (Å²) in [6.45, 7) is 5.20. The molecule has 2 rings (SSSR count). The van der Waals surface area contributed by atoms with Crippen LogP contribution in [0.25, 0.3) is 0 Å². The van der Waals surface area contributed by atoms with Crippen molar-refractivity contribution < 1.29 is 72.7 Å². The number of hydrogen-bond acceptors (Lipinski definition) is 11. The molecule has 0 aliphatic carbocycles.